The molecule has 8 nitrogen and oxygen atoms in total. The number of rotatable bonds is 6. The zero-order chi connectivity index (χ0) is 23.8. The summed E-state index contributed by atoms with van der Waals surface area (Å²) >= 11 is 0. The van der Waals surface area contributed by atoms with E-state index < -0.39 is 23.5 Å². The molecule has 0 spiro atoms. The lowest BCUT2D eigenvalue weighted by atomic mass is 9.76. The van der Waals surface area contributed by atoms with Gasteiger partial charge in [0.05, 0.1) is 23.9 Å². The molecule has 1 saturated heterocycles. The minimum atomic E-state index is -4.13. The normalized spacial score (nSPS) is 27.2. The van der Waals surface area contributed by atoms with Crippen LogP contribution in [0.5, 0.6) is 0 Å². The Morgan fingerprint density at radius 3 is 2.33 bits per heavy atom. The van der Waals surface area contributed by atoms with Crippen LogP contribution in [0.4, 0.5) is 19.0 Å². The topological polar surface area (TPSA) is 117 Å². The zero-order valence-corrected chi connectivity index (χ0v) is 18.4. The van der Waals surface area contributed by atoms with Crippen molar-refractivity contribution in [3.63, 3.8) is 0 Å². The quantitative estimate of drug-likeness (QED) is 0.668. The Kier molecular flexibility index (Phi) is 6.40. The van der Waals surface area contributed by atoms with Crippen LogP contribution in [0.3, 0.4) is 0 Å². The van der Waals surface area contributed by atoms with E-state index >= 15 is 0 Å². The van der Waals surface area contributed by atoms with Gasteiger partial charge in [-0.1, -0.05) is 0 Å². The minimum absolute atomic E-state index is 0.0686. The first kappa shape index (κ1) is 23.5. The molecule has 2 heterocycles. The van der Waals surface area contributed by atoms with Crippen molar-refractivity contribution in [2.45, 2.75) is 75.5 Å². The molecular weight excluding hydrogens is 437 g/mol. The van der Waals surface area contributed by atoms with Crippen LogP contribution in [-0.2, 0) is 10.3 Å². The van der Waals surface area contributed by atoms with Gasteiger partial charge < -0.3 is 16.0 Å². The third kappa shape index (κ3) is 5.00. The summed E-state index contributed by atoms with van der Waals surface area (Å²) < 4.78 is 40.6. The Hall–Kier alpha value is -2.61. The second-order valence-electron chi connectivity index (χ2n) is 9.61. The largest absolute Gasteiger partial charge is 0.391 e. The van der Waals surface area contributed by atoms with E-state index in [-0.39, 0.29) is 48.5 Å². The first-order valence-electron chi connectivity index (χ1n) is 11.5. The van der Waals surface area contributed by atoms with Crippen molar-refractivity contribution in [2.24, 2.45) is 17.6 Å². The van der Waals surface area contributed by atoms with Gasteiger partial charge in [-0.15, -0.1) is 0 Å². The Morgan fingerprint density at radius 2 is 1.82 bits per heavy atom. The Balaban J connectivity index is 1.46. The van der Waals surface area contributed by atoms with Crippen LogP contribution < -0.4 is 11.1 Å². The van der Waals surface area contributed by atoms with Crippen LogP contribution in [0.25, 0.3) is 0 Å². The summed E-state index contributed by atoms with van der Waals surface area (Å²) in [4.78, 5) is 26.3. The minimum Gasteiger partial charge on any atom is -0.365 e. The van der Waals surface area contributed by atoms with E-state index in [0.717, 1.165) is 12.8 Å². The van der Waals surface area contributed by atoms with Gasteiger partial charge in [-0.05, 0) is 64.5 Å². The van der Waals surface area contributed by atoms with E-state index in [1.807, 2.05) is 0 Å². The molecule has 2 saturated carbocycles. The lowest BCUT2D eigenvalue weighted by Crippen LogP contribution is -2.48. The molecular formula is C22H29F3N6O2. The van der Waals surface area contributed by atoms with Gasteiger partial charge in [-0.3, -0.25) is 14.3 Å². The number of hydrogen-bond acceptors (Lipinski definition) is 5. The maximum atomic E-state index is 13.0. The highest BCUT2D eigenvalue weighted by molar-refractivity contribution is 6.02. The van der Waals surface area contributed by atoms with Gasteiger partial charge in [-0.25, -0.2) is 0 Å². The number of nitrogens with two attached hydrogens (primary N) is 1. The summed E-state index contributed by atoms with van der Waals surface area (Å²) in [6.45, 7) is 0.843. The molecule has 3 aliphatic rings. The Labute approximate surface area is 190 Å². The average molecular weight is 467 g/mol. The van der Waals surface area contributed by atoms with E-state index in [0.29, 0.717) is 38.8 Å². The summed E-state index contributed by atoms with van der Waals surface area (Å²) in [6.07, 6.45) is 2.02. The van der Waals surface area contributed by atoms with E-state index in [2.05, 4.69) is 21.4 Å². The predicted octanol–water partition coefficient (Wildman–Crippen LogP) is 3.16. The number of carbonyl (C=O) groups is 2. The number of hydrogen-bond donors (Lipinski definition) is 2. The van der Waals surface area contributed by atoms with Gasteiger partial charge in [0.25, 0.3) is 5.91 Å². The molecule has 0 unspecified atom stereocenters. The average Bonchev–Trinajstić information content (AvgIpc) is 3.54. The molecule has 0 aromatic carbocycles. The van der Waals surface area contributed by atoms with E-state index in [4.69, 9.17) is 5.73 Å². The molecule has 0 bridgehead atoms. The number of nitriles is 1. The Bertz CT molecular complexity index is 933. The SMILES string of the molecule is N#CCC1(n2cc(C(N)=O)c(NC(=O)C3CC3)n2)CCC(N2CCC(C(F)(F)F)CC2)CC1. The van der Waals surface area contributed by atoms with Crippen LogP contribution in [0.15, 0.2) is 6.20 Å². The van der Waals surface area contributed by atoms with Crippen molar-refractivity contribution in [1.29, 1.82) is 5.26 Å². The number of nitrogens with one attached hydrogen (secondary N) is 1. The van der Waals surface area contributed by atoms with Gasteiger partial charge in [-0.2, -0.15) is 23.5 Å². The van der Waals surface area contributed by atoms with Gasteiger partial charge in [0.2, 0.25) is 5.91 Å². The van der Waals surface area contributed by atoms with Crippen molar-refractivity contribution >= 4 is 17.6 Å². The number of aromatic nitrogens is 2. The predicted molar refractivity (Wildman–Crippen MR) is 113 cm³/mol. The lowest BCUT2D eigenvalue weighted by Gasteiger charge is -2.45. The van der Waals surface area contributed by atoms with Gasteiger partial charge in [0, 0.05) is 18.2 Å². The number of halogens is 3. The van der Waals surface area contributed by atoms with Crippen LogP contribution in [0.1, 0.15) is 68.1 Å². The molecule has 3 fully saturated rings. The van der Waals surface area contributed by atoms with Crippen LogP contribution in [0, 0.1) is 23.2 Å². The summed E-state index contributed by atoms with van der Waals surface area (Å²) in [5, 5.41) is 16.7. The van der Waals surface area contributed by atoms with E-state index in [1.54, 1.807) is 4.68 Å². The van der Waals surface area contributed by atoms with Crippen molar-refractivity contribution in [2.75, 3.05) is 18.4 Å². The molecule has 0 radical (unpaired) electrons. The standard InChI is InChI=1S/C22H29F3N6O2/c23-22(24,25)15-5-11-30(12-6-15)16-3-7-21(8-4-16,9-10-26)31-13-17(18(27)32)19(29-31)28-20(33)14-1-2-14/h13-16H,1-9,11-12H2,(H2,27,32)(H,28,29,33). The van der Waals surface area contributed by atoms with Gasteiger partial charge in [0.15, 0.2) is 5.82 Å². The summed E-state index contributed by atoms with van der Waals surface area (Å²) in [7, 11) is 0. The monoisotopic (exact) mass is 466 g/mol. The molecule has 1 aromatic heterocycles. The molecule has 2 aliphatic carbocycles. The zero-order valence-electron chi connectivity index (χ0n) is 18.4. The van der Waals surface area contributed by atoms with Crippen molar-refractivity contribution < 1.29 is 22.8 Å². The molecule has 4 rings (SSSR count). The number of primary amides is 1. The van der Waals surface area contributed by atoms with Crippen molar-refractivity contribution in [3.05, 3.63) is 11.8 Å². The van der Waals surface area contributed by atoms with Crippen LogP contribution in [0.2, 0.25) is 0 Å². The van der Waals surface area contributed by atoms with Gasteiger partial charge >= 0.3 is 6.18 Å². The maximum absolute atomic E-state index is 13.0. The fourth-order valence-electron chi connectivity index (χ4n) is 5.18. The van der Waals surface area contributed by atoms with Gasteiger partial charge in [0.1, 0.15) is 5.56 Å². The summed E-state index contributed by atoms with van der Waals surface area (Å²) in [6, 6.07) is 2.38. The maximum Gasteiger partial charge on any atom is 0.391 e. The molecule has 11 heteroatoms. The number of amides is 2. The first-order chi connectivity index (χ1) is 15.6. The molecule has 2 amide bonds. The second kappa shape index (κ2) is 8.97. The summed E-state index contributed by atoms with van der Waals surface area (Å²) in [5.74, 6) is -2.08. The molecule has 180 valence electrons. The summed E-state index contributed by atoms with van der Waals surface area (Å²) in [5.41, 5.74) is 4.97. The number of nitrogens with zero attached hydrogens (tertiary/aromatic N) is 4. The van der Waals surface area contributed by atoms with Crippen molar-refractivity contribution in [3.8, 4) is 6.07 Å². The molecule has 0 atom stereocenters. The fourth-order valence-corrected chi connectivity index (χ4v) is 5.18. The van der Waals surface area contributed by atoms with Crippen LogP contribution >= 0.6 is 0 Å². The smallest absolute Gasteiger partial charge is 0.365 e. The number of anilines is 1. The molecule has 33 heavy (non-hydrogen) atoms. The number of likely N-dealkylation sites (tertiary alicyclic amines) is 1. The number of carbonyl (C=O) groups excluding carboxylic acids is 2. The molecule has 1 aliphatic heterocycles. The van der Waals surface area contributed by atoms with Crippen LogP contribution in [-0.4, -0.2) is 51.8 Å². The number of piperidine rings is 1. The number of alkyl halides is 3. The van der Waals surface area contributed by atoms with Crippen molar-refractivity contribution in [1.82, 2.24) is 14.7 Å². The first-order valence-corrected chi connectivity index (χ1v) is 11.5. The fraction of sp³-hybridized carbons (Fsp3) is 0.727. The highest BCUT2D eigenvalue weighted by atomic mass is 19.4. The molecule has 3 N–H and O–H groups in total. The third-order valence-corrected chi connectivity index (χ3v) is 7.46. The second-order valence-corrected chi connectivity index (χ2v) is 9.61. The molecule has 1 aromatic rings. The highest BCUT2D eigenvalue weighted by Gasteiger charge is 2.44. The van der Waals surface area contributed by atoms with E-state index in [9.17, 15) is 28.0 Å². The lowest BCUT2D eigenvalue weighted by molar-refractivity contribution is -0.186. The van der Waals surface area contributed by atoms with E-state index in [1.165, 1.54) is 6.20 Å². The highest BCUT2D eigenvalue weighted by Crippen LogP contribution is 2.42. The third-order valence-electron chi connectivity index (χ3n) is 7.46. The Morgan fingerprint density at radius 1 is 1.18 bits per heavy atom.